The summed E-state index contributed by atoms with van der Waals surface area (Å²) in [4.78, 5) is 25.5. The molecule has 2 saturated heterocycles. The van der Waals surface area contributed by atoms with E-state index < -0.39 is 5.79 Å². The molecule has 124 valence electrons. The Morgan fingerprint density at radius 2 is 1.74 bits per heavy atom. The number of likely N-dealkylation sites (tertiary alicyclic amines) is 1. The molecule has 0 radical (unpaired) electrons. The molecule has 0 atom stereocenters. The van der Waals surface area contributed by atoms with Crippen LogP contribution in [0.4, 0.5) is 5.69 Å². The van der Waals surface area contributed by atoms with Crippen LogP contribution in [0.1, 0.15) is 30.1 Å². The zero-order valence-corrected chi connectivity index (χ0v) is 13.3. The number of carbonyl (C=O) groups is 2. The minimum atomic E-state index is -0.407. The highest BCUT2D eigenvalue weighted by atomic mass is 16.7. The summed E-state index contributed by atoms with van der Waals surface area (Å²) in [7, 11) is 0. The van der Waals surface area contributed by atoms with Gasteiger partial charge in [0.05, 0.1) is 19.8 Å². The van der Waals surface area contributed by atoms with Gasteiger partial charge in [-0.05, 0) is 31.2 Å². The predicted molar refractivity (Wildman–Crippen MR) is 85.4 cm³/mol. The van der Waals surface area contributed by atoms with Crippen LogP contribution in [0.2, 0.25) is 0 Å². The predicted octanol–water partition coefficient (Wildman–Crippen LogP) is 1.67. The molecule has 2 heterocycles. The van der Waals surface area contributed by atoms with Gasteiger partial charge < -0.3 is 14.8 Å². The number of amides is 1. The Kier molecular flexibility index (Phi) is 4.75. The molecule has 0 bridgehead atoms. The number of Topliss-reactive ketones (excluding diaryl/α,β-unsaturated/α-hetero) is 1. The first-order valence-electron chi connectivity index (χ1n) is 7.97. The van der Waals surface area contributed by atoms with E-state index >= 15 is 0 Å². The maximum Gasteiger partial charge on any atom is 0.238 e. The Balaban J connectivity index is 1.47. The number of anilines is 1. The fourth-order valence-electron chi connectivity index (χ4n) is 3.03. The van der Waals surface area contributed by atoms with E-state index in [0.717, 1.165) is 25.9 Å². The molecule has 23 heavy (non-hydrogen) atoms. The zero-order chi connectivity index (χ0) is 16.3. The molecule has 6 heteroatoms. The summed E-state index contributed by atoms with van der Waals surface area (Å²) in [5.74, 6) is -0.443. The van der Waals surface area contributed by atoms with Crippen molar-refractivity contribution < 1.29 is 19.1 Å². The van der Waals surface area contributed by atoms with Gasteiger partial charge in [-0.3, -0.25) is 14.5 Å². The van der Waals surface area contributed by atoms with Gasteiger partial charge in [0.2, 0.25) is 5.91 Å². The summed E-state index contributed by atoms with van der Waals surface area (Å²) in [5, 5.41) is 2.86. The molecule has 1 aromatic rings. The molecule has 0 aromatic heterocycles. The van der Waals surface area contributed by atoms with Crippen LogP contribution in [-0.2, 0) is 14.3 Å². The molecule has 1 spiro atoms. The lowest BCUT2D eigenvalue weighted by Crippen LogP contribution is -2.47. The second-order valence-corrected chi connectivity index (χ2v) is 6.07. The lowest BCUT2D eigenvalue weighted by atomic mass is 10.0. The van der Waals surface area contributed by atoms with Crippen molar-refractivity contribution in [2.75, 3.05) is 38.2 Å². The van der Waals surface area contributed by atoms with Gasteiger partial charge >= 0.3 is 0 Å². The van der Waals surface area contributed by atoms with Gasteiger partial charge in [0.25, 0.3) is 0 Å². The molecular weight excluding hydrogens is 296 g/mol. The molecule has 1 aromatic carbocycles. The summed E-state index contributed by atoms with van der Waals surface area (Å²) in [5.41, 5.74) is 1.34. The number of hydrogen-bond donors (Lipinski definition) is 1. The van der Waals surface area contributed by atoms with Gasteiger partial charge in [-0.15, -0.1) is 0 Å². The van der Waals surface area contributed by atoms with Crippen molar-refractivity contribution in [3.8, 4) is 0 Å². The maximum atomic E-state index is 12.1. The molecule has 2 fully saturated rings. The lowest BCUT2D eigenvalue weighted by Gasteiger charge is -2.37. The highest BCUT2D eigenvalue weighted by molar-refractivity contribution is 5.96. The second-order valence-electron chi connectivity index (χ2n) is 6.07. The van der Waals surface area contributed by atoms with E-state index in [4.69, 9.17) is 9.47 Å². The smallest absolute Gasteiger partial charge is 0.238 e. The fraction of sp³-hybridized carbons (Fsp3) is 0.529. The monoisotopic (exact) mass is 318 g/mol. The van der Waals surface area contributed by atoms with Gasteiger partial charge in [0.15, 0.2) is 11.6 Å². The Morgan fingerprint density at radius 3 is 2.30 bits per heavy atom. The van der Waals surface area contributed by atoms with Gasteiger partial charge in [-0.2, -0.15) is 0 Å². The van der Waals surface area contributed by atoms with Crippen molar-refractivity contribution >= 4 is 17.4 Å². The zero-order valence-electron chi connectivity index (χ0n) is 13.3. The molecular formula is C17H22N2O4. The van der Waals surface area contributed by atoms with Crippen molar-refractivity contribution in [3.63, 3.8) is 0 Å². The number of hydrogen-bond acceptors (Lipinski definition) is 5. The Labute approximate surface area is 135 Å². The number of piperidine rings is 1. The summed E-state index contributed by atoms with van der Waals surface area (Å²) in [6.07, 6.45) is 1.60. The minimum absolute atomic E-state index is 0.0153. The molecule has 3 rings (SSSR count). The quantitative estimate of drug-likeness (QED) is 0.855. The van der Waals surface area contributed by atoms with Crippen LogP contribution in [0, 0.1) is 0 Å². The molecule has 0 saturated carbocycles. The molecule has 0 aliphatic carbocycles. The number of rotatable bonds is 4. The van der Waals surface area contributed by atoms with E-state index in [1.807, 2.05) is 0 Å². The summed E-state index contributed by atoms with van der Waals surface area (Å²) < 4.78 is 11.4. The van der Waals surface area contributed by atoms with Crippen LogP contribution in [0.3, 0.4) is 0 Å². The first-order valence-corrected chi connectivity index (χ1v) is 7.97. The van der Waals surface area contributed by atoms with Crippen LogP contribution in [0.15, 0.2) is 24.3 Å². The van der Waals surface area contributed by atoms with E-state index in [2.05, 4.69) is 10.2 Å². The third kappa shape index (κ3) is 3.96. The van der Waals surface area contributed by atoms with Crippen LogP contribution in [-0.4, -0.2) is 55.2 Å². The van der Waals surface area contributed by atoms with Gasteiger partial charge in [-0.25, -0.2) is 0 Å². The number of ether oxygens (including phenoxy) is 2. The van der Waals surface area contributed by atoms with E-state index in [9.17, 15) is 9.59 Å². The highest BCUT2D eigenvalue weighted by Crippen LogP contribution is 2.31. The van der Waals surface area contributed by atoms with Crippen LogP contribution >= 0.6 is 0 Å². The van der Waals surface area contributed by atoms with Gasteiger partial charge in [0, 0.05) is 37.2 Å². The van der Waals surface area contributed by atoms with Crippen molar-refractivity contribution in [1.82, 2.24) is 4.90 Å². The standard InChI is InChI=1S/C17H22N2O4/c1-13(20)14-2-4-15(5-3-14)18-16(21)12-19-8-6-17(7-9-19)22-10-11-23-17/h2-5H,6-12H2,1H3,(H,18,21). The number of nitrogens with one attached hydrogen (secondary N) is 1. The van der Waals surface area contributed by atoms with Crippen LogP contribution < -0.4 is 5.32 Å². The minimum Gasteiger partial charge on any atom is -0.347 e. The molecule has 1 N–H and O–H groups in total. The first-order chi connectivity index (χ1) is 11.1. The highest BCUT2D eigenvalue weighted by Gasteiger charge is 2.39. The molecule has 2 aliphatic rings. The number of ketones is 1. The fourth-order valence-corrected chi connectivity index (χ4v) is 3.03. The lowest BCUT2D eigenvalue weighted by molar-refractivity contribution is -0.185. The van der Waals surface area contributed by atoms with E-state index in [-0.39, 0.29) is 11.7 Å². The van der Waals surface area contributed by atoms with Gasteiger partial charge in [0.1, 0.15) is 0 Å². The summed E-state index contributed by atoms with van der Waals surface area (Å²) in [6.45, 7) is 4.78. The Morgan fingerprint density at radius 1 is 1.13 bits per heavy atom. The maximum absolute atomic E-state index is 12.1. The third-order valence-electron chi connectivity index (χ3n) is 4.37. The molecule has 6 nitrogen and oxygen atoms in total. The SMILES string of the molecule is CC(=O)c1ccc(NC(=O)CN2CCC3(CC2)OCCO3)cc1. The summed E-state index contributed by atoms with van der Waals surface area (Å²) >= 11 is 0. The Hall–Kier alpha value is -1.76. The van der Waals surface area contributed by atoms with Crippen molar-refractivity contribution in [2.45, 2.75) is 25.6 Å². The topological polar surface area (TPSA) is 67.9 Å². The normalized spacial score (nSPS) is 20.6. The van der Waals surface area contributed by atoms with Crippen LogP contribution in [0.25, 0.3) is 0 Å². The van der Waals surface area contributed by atoms with Gasteiger partial charge in [-0.1, -0.05) is 0 Å². The average Bonchev–Trinajstić information content (AvgIpc) is 2.99. The third-order valence-corrected chi connectivity index (χ3v) is 4.37. The van der Waals surface area contributed by atoms with Crippen molar-refractivity contribution in [1.29, 1.82) is 0 Å². The average molecular weight is 318 g/mol. The van der Waals surface area contributed by atoms with E-state index in [1.165, 1.54) is 6.92 Å². The van der Waals surface area contributed by atoms with E-state index in [0.29, 0.717) is 31.0 Å². The number of nitrogens with zero attached hydrogens (tertiary/aromatic N) is 1. The van der Waals surface area contributed by atoms with E-state index in [1.54, 1.807) is 24.3 Å². The van der Waals surface area contributed by atoms with Crippen molar-refractivity contribution in [3.05, 3.63) is 29.8 Å². The Bertz CT molecular complexity index is 569. The largest absolute Gasteiger partial charge is 0.347 e. The summed E-state index contributed by atoms with van der Waals surface area (Å²) in [6, 6.07) is 6.94. The second kappa shape index (κ2) is 6.78. The molecule has 0 unspecified atom stereocenters. The van der Waals surface area contributed by atoms with Crippen LogP contribution in [0.5, 0.6) is 0 Å². The number of carbonyl (C=O) groups excluding carboxylic acids is 2. The number of benzene rings is 1. The first kappa shape index (κ1) is 16.1. The molecule has 2 aliphatic heterocycles. The molecule has 1 amide bonds. The van der Waals surface area contributed by atoms with Crippen molar-refractivity contribution in [2.24, 2.45) is 0 Å².